The number of amides is 1. The molecule has 9 nitrogen and oxygen atoms in total. The number of sulfonamides is 1. The molecule has 0 aromatic carbocycles. The van der Waals surface area contributed by atoms with E-state index in [1.807, 2.05) is 26.8 Å². The number of hydrogen-bond acceptors (Lipinski definition) is 7. The smallest absolute Gasteiger partial charge is 0.244 e. The number of fused-ring (bicyclic) bond motifs is 1. The third kappa shape index (κ3) is 4.17. The summed E-state index contributed by atoms with van der Waals surface area (Å²) in [5.41, 5.74) is 2.38. The molecule has 3 heterocycles. The van der Waals surface area contributed by atoms with Gasteiger partial charge in [0, 0.05) is 56.5 Å². The minimum absolute atomic E-state index is 0.0248. The summed E-state index contributed by atoms with van der Waals surface area (Å²) in [5, 5.41) is 0. The number of aromatic nitrogens is 3. The standard InChI is InChI=1S/C24H29N5O4S/c1-16-26-12-18(13-27-16)17-6-7-21-22(10-17)29(23(30)24(21,2)3)19-11-20(15-25-14-19)34(31,32)28(4)8-9-33-5/h6,10-15,21H,7-9H2,1-5H3. The van der Waals surface area contributed by atoms with Gasteiger partial charge in [0.2, 0.25) is 15.9 Å². The summed E-state index contributed by atoms with van der Waals surface area (Å²) in [7, 11) is -0.783. The van der Waals surface area contributed by atoms with Crippen LogP contribution in [-0.4, -0.2) is 60.9 Å². The molecule has 4 rings (SSSR count). The van der Waals surface area contributed by atoms with E-state index in [2.05, 4.69) is 21.0 Å². The molecule has 1 aliphatic heterocycles. The number of carbonyl (C=O) groups is 1. The summed E-state index contributed by atoms with van der Waals surface area (Å²) in [6, 6.07) is 1.51. The van der Waals surface area contributed by atoms with E-state index in [1.165, 1.54) is 36.9 Å². The van der Waals surface area contributed by atoms with Gasteiger partial charge in [0.05, 0.1) is 23.9 Å². The maximum absolute atomic E-state index is 13.6. The Kier molecular flexibility index (Phi) is 6.41. The van der Waals surface area contributed by atoms with Crippen LogP contribution >= 0.6 is 0 Å². The van der Waals surface area contributed by atoms with Crippen molar-refractivity contribution >= 4 is 27.2 Å². The lowest BCUT2D eigenvalue weighted by Crippen LogP contribution is -2.32. The van der Waals surface area contributed by atoms with Gasteiger partial charge in [-0.1, -0.05) is 19.9 Å². The topological polar surface area (TPSA) is 106 Å². The van der Waals surface area contributed by atoms with Crippen LogP contribution in [0.3, 0.4) is 0 Å². The molecule has 180 valence electrons. The number of allylic oxidation sites excluding steroid dienone is 4. The summed E-state index contributed by atoms with van der Waals surface area (Å²) < 4.78 is 32.3. The molecule has 1 aliphatic carbocycles. The number of carbonyl (C=O) groups excluding carboxylic acids is 1. The Morgan fingerprint density at radius 1 is 1.21 bits per heavy atom. The Labute approximate surface area is 200 Å². The summed E-state index contributed by atoms with van der Waals surface area (Å²) in [5.74, 6) is 0.548. The van der Waals surface area contributed by atoms with Crippen LogP contribution in [0.15, 0.2) is 53.6 Å². The van der Waals surface area contributed by atoms with Crippen LogP contribution in [0, 0.1) is 18.3 Å². The van der Waals surface area contributed by atoms with Gasteiger partial charge < -0.3 is 4.74 Å². The van der Waals surface area contributed by atoms with Crippen LogP contribution < -0.4 is 4.90 Å². The van der Waals surface area contributed by atoms with Gasteiger partial charge in [-0.25, -0.2) is 18.4 Å². The van der Waals surface area contributed by atoms with Gasteiger partial charge in [0.15, 0.2) is 0 Å². The Hall–Kier alpha value is -2.95. The molecule has 1 atom stereocenters. The van der Waals surface area contributed by atoms with Crippen molar-refractivity contribution in [1.82, 2.24) is 19.3 Å². The van der Waals surface area contributed by atoms with Crippen LogP contribution in [0.2, 0.25) is 0 Å². The number of nitrogens with zero attached hydrogens (tertiary/aromatic N) is 5. The zero-order valence-corrected chi connectivity index (χ0v) is 20.8. The lowest BCUT2D eigenvalue weighted by atomic mass is 9.75. The number of hydrogen-bond donors (Lipinski definition) is 0. The second kappa shape index (κ2) is 9.01. The first kappa shape index (κ1) is 24.2. The number of pyridine rings is 1. The highest BCUT2D eigenvalue weighted by Crippen LogP contribution is 2.50. The first-order valence-corrected chi connectivity index (χ1v) is 12.5. The lowest BCUT2D eigenvalue weighted by molar-refractivity contribution is -0.125. The monoisotopic (exact) mass is 483 g/mol. The predicted octanol–water partition coefficient (Wildman–Crippen LogP) is 2.81. The molecule has 10 heteroatoms. The van der Waals surface area contributed by atoms with Crippen LogP contribution in [0.25, 0.3) is 5.57 Å². The lowest BCUT2D eigenvalue weighted by Gasteiger charge is -2.26. The maximum atomic E-state index is 13.6. The molecular weight excluding hydrogens is 454 g/mol. The highest BCUT2D eigenvalue weighted by Gasteiger charge is 2.51. The second-order valence-corrected chi connectivity index (χ2v) is 11.1. The number of ether oxygens (including phenoxy) is 1. The van der Waals surface area contributed by atoms with Gasteiger partial charge >= 0.3 is 0 Å². The third-order valence-corrected chi connectivity index (χ3v) is 8.33. The van der Waals surface area contributed by atoms with Crippen molar-refractivity contribution in [1.29, 1.82) is 0 Å². The average Bonchev–Trinajstić information content (AvgIpc) is 3.02. The molecule has 34 heavy (non-hydrogen) atoms. The van der Waals surface area contributed by atoms with Crippen molar-refractivity contribution in [3.05, 3.63) is 60.1 Å². The van der Waals surface area contributed by atoms with Gasteiger partial charge in [-0.2, -0.15) is 4.31 Å². The van der Waals surface area contributed by atoms with Crippen molar-refractivity contribution in [2.75, 3.05) is 32.2 Å². The van der Waals surface area contributed by atoms with Crippen molar-refractivity contribution < 1.29 is 17.9 Å². The van der Waals surface area contributed by atoms with Crippen molar-refractivity contribution in [2.45, 2.75) is 32.1 Å². The van der Waals surface area contributed by atoms with E-state index in [9.17, 15) is 13.2 Å². The molecule has 2 aromatic heterocycles. The molecule has 1 unspecified atom stereocenters. The fraction of sp³-hybridized carbons (Fsp3) is 0.417. The molecule has 0 radical (unpaired) electrons. The third-order valence-electron chi connectivity index (χ3n) is 6.51. The van der Waals surface area contributed by atoms with Crippen molar-refractivity contribution in [3.63, 3.8) is 0 Å². The Balaban J connectivity index is 1.75. The van der Waals surface area contributed by atoms with E-state index in [4.69, 9.17) is 4.74 Å². The first-order valence-electron chi connectivity index (χ1n) is 11.0. The molecule has 2 aromatic rings. The van der Waals surface area contributed by atoms with E-state index in [0.717, 1.165) is 16.8 Å². The quantitative estimate of drug-likeness (QED) is 0.596. The number of methoxy groups -OCH3 is 1. The van der Waals surface area contributed by atoms with Crippen molar-refractivity contribution in [3.8, 4) is 0 Å². The highest BCUT2D eigenvalue weighted by molar-refractivity contribution is 7.89. The SMILES string of the molecule is COCCN(C)S(=O)(=O)c1cncc(N2C(=O)C(C)(C)C3CC=C(c4cnc(C)nc4)C=C32)c1. The van der Waals surface area contributed by atoms with Crippen molar-refractivity contribution in [2.24, 2.45) is 11.3 Å². The molecule has 0 saturated carbocycles. The molecule has 1 amide bonds. The van der Waals surface area contributed by atoms with E-state index in [1.54, 1.807) is 17.3 Å². The van der Waals surface area contributed by atoms with E-state index >= 15 is 0 Å². The molecule has 2 aliphatic rings. The molecule has 0 bridgehead atoms. The predicted molar refractivity (Wildman–Crippen MR) is 128 cm³/mol. The minimum atomic E-state index is -3.79. The van der Waals surface area contributed by atoms with Gasteiger partial charge in [-0.05, 0) is 31.1 Å². The average molecular weight is 484 g/mol. The summed E-state index contributed by atoms with van der Waals surface area (Å²) in [6.07, 6.45) is 11.1. The van der Waals surface area contributed by atoms with Gasteiger partial charge in [0.1, 0.15) is 10.7 Å². The Bertz CT molecular complexity index is 1270. The summed E-state index contributed by atoms with van der Waals surface area (Å²) in [4.78, 5) is 27.9. The zero-order chi connectivity index (χ0) is 24.7. The van der Waals surface area contributed by atoms with Crippen LogP contribution in [-0.2, 0) is 19.6 Å². The number of likely N-dealkylation sites (N-methyl/N-ethyl adjacent to an activating group) is 1. The minimum Gasteiger partial charge on any atom is -0.383 e. The van der Waals surface area contributed by atoms with Gasteiger partial charge in [-0.15, -0.1) is 0 Å². The normalized spacial score (nSPS) is 19.8. The Morgan fingerprint density at radius 2 is 1.91 bits per heavy atom. The fourth-order valence-corrected chi connectivity index (χ4v) is 5.46. The van der Waals surface area contributed by atoms with E-state index < -0.39 is 15.4 Å². The largest absolute Gasteiger partial charge is 0.383 e. The maximum Gasteiger partial charge on any atom is 0.244 e. The number of aryl methyl sites for hydroxylation is 1. The number of anilines is 1. The number of rotatable bonds is 7. The van der Waals surface area contributed by atoms with E-state index in [0.29, 0.717) is 17.9 Å². The van der Waals surface area contributed by atoms with Gasteiger partial charge in [0.25, 0.3) is 0 Å². The summed E-state index contributed by atoms with van der Waals surface area (Å²) in [6.45, 7) is 6.16. The molecule has 0 N–H and O–H groups in total. The summed E-state index contributed by atoms with van der Waals surface area (Å²) >= 11 is 0. The Morgan fingerprint density at radius 3 is 2.59 bits per heavy atom. The van der Waals surface area contributed by atoms with Gasteiger partial charge in [-0.3, -0.25) is 14.7 Å². The second-order valence-electron chi connectivity index (χ2n) is 9.10. The molecule has 1 saturated heterocycles. The fourth-order valence-electron chi connectivity index (χ4n) is 4.32. The van der Waals surface area contributed by atoms with Crippen LogP contribution in [0.1, 0.15) is 31.7 Å². The first-order chi connectivity index (χ1) is 16.1. The molecule has 0 spiro atoms. The van der Waals surface area contributed by atoms with Crippen LogP contribution in [0.4, 0.5) is 5.69 Å². The van der Waals surface area contributed by atoms with E-state index in [-0.39, 0.29) is 29.9 Å². The van der Waals surface area contributed by atoms with Crippen LogP contribution in [0.5, 0.6) is 0 Å². The molecule has 1 fully saturated rings. The molecular formula is C24H29N5O4S. The highest BCUT2D eigenvalue weighted by atomic mass is 32.2. The zero-order valence-electron chi connectivity index (χ0n) is 20.0.